The number of phenolic OH excluding ortho intramolecular Hbond substituents is 2. The largest absolute Gasteiger partial charge is 0.508 e. The maximum absolute atomic E-state index is 13.4. The van der Waals surface area contributed by atoms with Gasteiger partial charge in [-0.05, 0) is 120 Å². The lowest BCUT2D eigenvalue weighted by atomic mass is 9.84. The highest BCUT2D eigenvalue weighted by Crippen LogP contribution is 2.40. The van der Waals surface area contributed by atoms with Gasteiger partial charge in [-0.1, -0.05) is 43.3 Å². The van der Waals surface area contributed by atoms with Crippen molar-refractivity contribution >= 4 is 46.1 Å². The van der Waals surface area contributed by atoms with Gasteiger partial charge in [0.15, 0.2) is 0 Å². The smallest absolute Gasteiger partial charge is 0.262 e. The Morgan fingerprint density at radius 2 is 1.26 bits per heavy atom. The molecule has 10 rings (SSSR count). The highest BCUT2D eigenvalue weighted by Gasteiger charge is 2.47. The lowest BCUT2D eigenvalue weighted by Gasteiger charge is -2.58. The van der Waals surface area contributed by atoms with Gasteiger partial charge in [0.2, 0.25) is 11.8 Å². The second-order valence-electron chi connectivity index (χ2n) is 16.1. The SMILES string of the molecule is CCC(=C(c1ccc(O)cc1)c1ccc(N2CCC(CN3C4CC3CN(c3ccc5c(c3)C(=O)N(C3CCC(=O)NC3=O)C5=O)C4)CC2)cc1)c1ccc(O)cc1. The zero-order chi connectivity index (χ0) is 39.4. The van der Waals surface area contributed by atoms with Crippen LogP contribution in [0.15, 0.2) is 91.0 Å². The number of piperidine rings is 3. The first-order chi connectivity index (χ1) is 27.6. The standard InChI is InChI=1S/C46H47N5O6/c1-2-38(29-5-12-36(52)13-6-29)43(31-7-14-37(53)15-8-31)30-3-9-32(10-4-30)48-21-19-28(20-22-48)25-50-34-23-35(50)27-49(26-34)33-11-16-39-40(24-33)46(57)51(45(39)56)41-17-18-42(54)47-44(41)55/h3-16,24,28,34-35,41,52-53H,2,17-23,25-27H2,1H3,(H,47,54,55). The van der Waals surface area contributed by atoms with E-state index in [9.17, 15) is 29.4 Å². The molecule has 292 valence electrons. The molecule has 2 bridgehead atoms. The van der Waals surface area contributed by atoms with Crippen LogP contribution in [0.25, 0.3) is 11.1 Å². The number of carbonyl (C=O) groups excluding carboxylic acids is 4. The van der Waals surface area contributed by atoms with Crippen molar-refractivity contribution in [3.63, 3.8) is 0 Å². The summed E-state index contributed by atoms with van der Waals surface area (Å²) in [7, 11) is 0. The predicted octanol–water partition coefficient (Wildman–Crippen LogP) is 6.05. The minimum atomic E-state index is -0.965. The molecule has 0 aliphatic carbocycles. The molecule has 4 amide bonds. The molecule has 6 heterocycles. The van der Waals surface area contributed by atoms with E-state index in [1.165, 1.54) is 17.7 Å². The molecule has 5 saturated heterocycles. The van der Waals surface area contributed by atoms with Gasteiger partial charge < -0.3 is 20.0 Å². The molecule has 3 unspecified atom stereocenters. The van der Waals surface area contributed by atoms with Crippen LogP contribution in [0.4, 0.5) is 11.4 Å². The van der Waals surface area contributed by atoms with Gasteiger partial charge >= 0.3 is 0 Å². The summed E-state index contributed by atoms with van der Waals surface area (Å²) in [5, 5.41) is 22.2. The van der Waals surface area contributed by atoms with Crippen LogP contribution < -0.4 is 15.1 Å². The normalized spacial score (nSPS) is 23.0. The van der Waals surface area contributed by atoms with Crippen LogP contribution in [-0.2, 0) is 9.59 Å². The Morgan fingerprint density at radius 3 is 1.88 bits per heavy atom. The molecule has 11 nitrogen and oxygen atoms in total. The van der Waals surface area contributed by atoms with Gasteiger partial charge in [-0.25, -0.2) is 0 Å². The number of rotatable bonds is 9. The third-order valence-electron chi connectivity index (χ3n) is 12.8. The number of fused-ring (bicyclic) bond motifs is 3. The van der Waals surface area contributed by atoms with Gasteiger partial charge in [0, 0.05) is 62.6 Å². The summed E-state index contributed by atoms with van der Waals surface area (Å²) in [5.74, 6) is -0.829. The zero-order valence-corrected chi connectivity index (χ0v) is 32.1. The molecule has 11 heteroatoms. The number of nitrogens with one attached hydrogen (secondary N) is 1. The molecular weight excluding hydrogens is 719 g/mol. The average molecular weight is 766 g/mol. The van der Waals surface area contributed by atoms with Gasteiger partial charge in [-0.15, -0.1) is 0 Å². The molecule has 5 fully saturated rings. The zero-order valence-electron chi connectivity index (χ0n) is 32.1. The number of piperazine rings is 1. The fraction of sp³-hybridized carbons (Fsp3) is 0.348. The van der Waals surface area contributed by atoms with E-state index in [2.05, 4.69) is 51.2 Å². The third-order valence-corrected chi connectivity index (χ3v) is 12.8. The van der Waals surface area contributed by atoms with Gasteiger partial charge in [0.1, 0.15) is 17.5 Å². The van der Waals surface area contributed by atoms with Gasteiger partial charge in [-0.2, -0.15) is 0 Å². The van der Waals surface area contributed by atoms with E-state index in [0.717, 1.165) is 84.8 Å². The third kappa shape index (κ3) is 6.84. The molecule has 0 radical (unpaired) electrons. The number of carbonyl (C=O) groups is 4. The van der Waals surface area contributed by atoms with Crippen LogP contribution in [0.5, 0.6) is 11.5 Å². The predicted molar refractivity (Wildman–Crippen MR) is 218 cm³/mol. The summed E-state index contributed by atoms with van der Waals surface area (Å²) in [6.07, 6.45) is 4.47. The monoisotopic (exact) mass is 765 g/mol. The quantitative estimate of drug-likeness (QED) is 0.138. The van der Waals surface area contributed by atoms with Gasteiger partial charge in [-0.3, -0.25) is 34.3 Å². The number of amides is 4. The summed E-state index contributed by atoms with van der Waals surface area (Å²) < 4.78 is 0. The second-order valence-corrected chi connectivity index (χ2v) is 16.1. The van der Waals surface area contributed by atoms with E-state index in [0.29, 0.717) is 29.1 Å². The molecule has 0 saturated carbocycles. The minimum Gasteiger partial charge on any atom is -0.508 e. The Labute approximate surface area is 332 Å². The summed E-state index contributed by atoms with van der Waals surface area (Å²) in [6.45, 7) is 6.98. The molecule has 3 N–H and O–H groups in total. The van der Waals surface area contributed by atoms with E-state index in [1.54, 1.807) is 30.3 Å². The maximum Gasteiger partial charge on any atom is 0.262 e. The summed E-state index contributed by atoms with van der Waals surface area (Å²) in [5.41, 5.74) is 8.26. The number of imide groups is 2. The molecular formula is C46H47N5O6. The van der Waals surface area contributed by atoms with Crippen molar-refractivity contribution in [3.05, 3.63) is 119 Å². The average Bonchev–Trinajstić information content (AvgIpc) is 3.48. The van der Waals surface area contributed by atoms with Crippen molar-refractivity contribution in [1.82, 2.24) is 15.1 Å². The van der Waals surface area contributed by atoms with Crippen molar-refractivity contribution < 1.29 is 29.4 Å². The number of benzene rings is 4. The molecule has 57 heavy (non-hydrogen) atoms. The molecule has 3 atom stereocenters. The Bertz CT molecular complexity index is 2250. The van der Waals surface area contributed by atoms with Gasteiger partial charge in [0.05, 0.1) is 11.1 Å². The van der Waals surface area contributed by atoms with E-state index in [4.69, 9.17) is 0 Å². The first kappa shape index (κ1) is 36.7. The highest BCUT2D eigenvalue weighted by atomic mass is 16.3. The van der Waals surface area contributed by atoms with Crippen molar-refractivity contribution in [2.24, 2.45) is 5.92 Å². The fourth-order valence-corrected chi connectivity index (χ4v) is 9.69. The summed E-state index contributed by atoms with van der Waals surface area (Å²) >= 11 is 0. The Kier molecular flexibility index (Phi) is 9.56. The summed E-state index contributed by atoms with van der Waals surface area (Å²) in [6, 6.07) is 29.0. The first-order valence-corrected chi connectivity index (χ1v) is 20.2. The van der Waals surface area contributed by atoms with E-state index in [-0.39, 0.29) is 30.2 Å². The molecule has 4 aromatic carbocycles. The van der Waals surface area contributed by atoms with Crippen LogP contribution in [0.1, 0.15) is 82.9 Å². The molecule has 0 spiro atoms. The minimum absolute atomic E-state index is 0.0992. The van der Waals surface area contributed by atoms with E-state index in [1.807, 2.05) is 36.4 Å². The Hall–Kier alpha value is -5.94. The molecule has 6 aliphatic rings. The first-order valence-electron chi connectivity index (χ1n) is 20.2. The number of phenols is 2. The van der Waals surface area contributed by atoms with E-state index < -0.39 is 23.8 Å². The Balaban J connectivity index is 0.818. The number of nitrogens with zero attached hydrogens (tertiary/aromatic N) is 4. The number of aromatic hydroxyl groups is 2. The lowest BCUT2D eigenvalue weighted by Crippen LogP contribution is -2.69. The summed E-state index contributed by atoms with van der Waals surface area (Å²) in [4.78, 5) is 59.3. The van der Waals surface area contributed by atoms with Crippen LogP contribution >= 0.6 is 0 Å². The van der Waals surface area contributed by atoms with Crippen molar-refractivity contribution in [1.29, 1.82) is 0 Å². The topological polar surface area (TPSA) is 134 Å². The van der Waals surface area contributed by atoms with Crippen LogP contribution in [-0.4, -0.2) is 94.5 Å². The van der Waals surface area contributed by atoms with Crippen LogP contribution in [0.2, 0.25) is 0 Å². The van der Waals surface area contributed by atoms with Crippen molar-refractivity contribution in [3.8, 4) is 11.5 Å². The van der Waals surface area contributed by atoms with Crippen molar-refractivity contribution in [2.45, 2.75) is 63.6 Å². The maximum atomic E-state index is 13.4. The number of anilines is 2. The lowest BCUT2D eigenvalue weighted by molar-refractivity contribution is -0.136. The second kappa shape index (κ2) is 14.9. The van der Waals surface area contributed by atoms with Crippen molar-refractivity contribution in [2.75, 3.05) is 42.5 Å². The Morgan fingerprint density at radius 1 is 0.684 bits per heavy atom. The molecule has 0 aromatic heterocycles. The molecule has 4 aromatic rings. The highest BCUT2D eigenvalue weighted by molar-refractivity contribution is 6.23. The van der Waals surface area contributed by atoms with Gasteiger partial charge in [0.25, 0.3) is 11.8 Å². The van der Waals surface area contributed by atoms with Crippen LogP contribution in [0.3, 0.4) is 0 Å². The van der Waals surface area contributed by atoms with Crippen LogP contribution in [0, 0.1) is 5.92 Å². The molecule has 6 aliphatic heterocycles. The van der Waals surface area contributed by atoms with E-state index >= 15 is 0 Å². The number of hydrogen-bond donors (Lipinski definition) is 3. The fourth-order valence-electron chi connectivity index (χ4n) is 9.69. The number of allylic oxidation sites excluding steroid dienone is 1. The number of hydrogen-bond acceptors (Lipinski definition) is 9.